The maximum atomic E-state index is 5.00. The highest BCUT2D eigenvalue weighted by molar-refractivity contribution is 5.04. The molecule has 0 radical (unpaired) electrons. The molecule has 1 N–H and O–H groups in total. The summed E-state index contributed by atoms with van der Waals surface area (Å²) < 4.78 is 6.85. The topological polar surface area (TPSA) is 55.9 Å². The van der Waals surface area contributed by atoms with Crippen LogP contribution in [-0.4, -0.2) is 20.8 Å². The van der Waals surface area contributed by atoms with Crippen molar-refractivity contribution in [2.45, 2.75) is 32.5 Å². The predicted octanol–water partition coefficient (Wildman–Crippen LogP) is 1.44. The van der Waals surface area contributed by atoms with E-state index in [2.05, 4.69) is 22.3 Å². The second-order valence-corrected chi connectivity index (χ2v) is 3.86. The lowest BCUT2D eigenvalue weighted by Gasteiger charge is -2.12. The van der Waals surface area contributed by atoms with E-state index in [1.807, 2.05) is 10.7 Å². The highest BCUT2D eigenvalue weighted by Gasteiger charge is 2.02. The second-order valence-electron chi connectivity index (χ2n) is 3.86. The lowest BCUT2D eigenvalue weighted by molar-refractivity contribution is 0.456. The van der Waals surface area contributed by atoms with Gasteiger partial charge in [-0.25, -0.2) is 4.98 Å². The van der Waals surface area contributed by atoms with Gasteiger partial charge in [0.2, 0.25) is 0 Å². The predicted molar refractivity (Wildman–Crippen MR) is 59.6 cm³/mol. The van der Waals surface area contributed by atoms with E-state index in [0.29, 0.717) is 6.04 Å². The average Bonchev–Trinajstić information content (AvgIpc) is 2.96. The Balaban J connectivity index is 1.66. The van der Waals surface area contributed by atoms with Crippen LogP contribution in [0.15, 0.2) is 35.7 Å². The molecule has 1 unspecified atom stereocenters. The molecule has 0 fully saturated rings. The van der Waals surface area contributed by atoms with Crippen molar-refractivity contribution in [2.24, 2.45) is 0 Å². The molecule has 0 aliphatic heterocycles. The quantitative estimate of drug-likeness (QED) is 0.800. The Morgan fingerprint density at radius 3 is 3.19 bits per heavy atom. The fourth-order valence-corrected chi connectivity index (χ4v) is 1.46. The van der Waals surface area contributed by atoms with E-state index in [9.17, 15) is 0 Å². The van der Waals surface area contributed by atoms with Crippen molar-refractivity contribution in [2.75, 3.05) is 0 Å². The molecule has 2 heterocycles. The van der Waals surface area contributed by atoms with E-state index in [0.717, 1.165) is 19.5 Å². The largest absolute Gasteiger partial charge is 0.472 e. The molecule has 86 valence electrons. The highest BCUT2D eigenvalue weighted by atomic mass is 16.3. The van der Waals surface area contributed by atoms with Crippen LogP contribution in [0.1, 0.15) is 18.9 Å². The van der Waals surface area contributed by atoms with Crippen molar-refractivity contribution >= 4 is 0 Å². The van der Waals surface area contributed by atoms with Crippen molar-refractivity contribution in [1.29, 1.82) is 0 Å². The number of aromatic nitrogens is 3. The molecule has 16 heavy (non-hydrogen) atoms. The van der Waals surface area contributed by atoms with Gasteiger partial charge in [-0.3, -0.25) is 4.68 Å². The first-order chi connectivity index (χ1) is 7.84. The van der Waals surface area contributed by atoms with Gasteiger partial charge in [-0.2, -0.15) is 5.10 Å². The second kappa shape index (κ2) is 5.46. The Morgan fingerprint density at radius 1 is 1.56 bits per heavy atom. The summed E-state index contributed by atoms with van der Waals surface area (Å²) in [5.74, 6) is 0. The van der Waals surface area contributed by atoms with Crippen LogP contribution in [0.25, 0.3) is 0 Å². The van der Waals surface area contributed by atoms with Gasteiger partial charge < -0.3 is 9.73 Å². The number of nitrogens with zero attached hydrogens (tertiary/aromatic N) is 3. The Hall–Kier alpha value is -1.62. The highest BCUT2D eigenvalue weighted by Crippen LogP contribution is 2.01. The number of furan rings is 1. The maximum Gasteiger partial charge on any atom is 0.137 e. The summed E-state index contributed by atoms with van der Waals surface area (Å²) in [4.78, 5) is 3.91. The lowest BCUT2D eigenvalue weighted by Crippen LogP contribution is -2.26. The first-order valence-corrected chi connectivity index (χ1v) is 5.41. The Kier molecular flexibility index (Phi) is 3.71. The van der Waals surface area contributed by atoms with Crippen molar-refractivity contribution in [1.82, 2.24) is 20.1 Å². The number of hydrogen-bond acceptors (Lipinski definition) is 4. The third-order valence-electron chi connectivity index (χ3n) is 2.49. The van der Waals surface area contributed by atoms with E-state index in [1.54, 1.807) is 25.2 Å². The molecule has 0 aliphatic carbocycles. The minimum Gasteiger partial charge on any atom is -0.472 e. The van der Waals surface area contributed by atoms with Gasteiger partial charge in [0.1, 0.15) is 12.7 Å². The van der Waals surface area contributed by atoms with E-state index in [1.165, 1.54) is 5.56 Å². The van der Waals surface area contributed by atoms with Crippen molar-refractivity contribution in [3.8, 4) is 0 Å². The van der Waals surface area contributed by atoms with E-state index in [4.69, 9.17) is 4.42 Å². The van der Waals surface area contributed by atoms with Gasteiger partial charge in [-0.15, -0.1) is 0 Å². The Morgan fingerprint density at radius 2 is 2.50 bits per heavy atom. The van der Waals surface area contributed by atoms with Crippen LogP contribution >= 0.6 is 0 Å². The number of rotatable bonds is 6. The van der Waals surface area contributed by atoms with Crippen LogP contribution in [-0.2, 0) is 13.1 Å². The SMILES string of the molecule is CC(CCn1cncn1)NCc1ccoc1. The summed E-state index contributed by atoms with van der Waals surface area (Å²) >= 11 is 0. The maximum absolute atomic E-state index is 5.00. The first kappa shape index (κ1) is 10.9. The van der Waals surface area contributed by atoms with E-state index in [-0.39, 0.29) is 0 Å². The summed E-state index contributed by atoms with van der Waals surface area (Å²) in [6, 6.07) is 2.41. The third-order valence-corrected chi connectivity index (χ3v) is 2.49. The minimum absolute atomic E-state index is 0.444. The van der Waals surface area contributed by atoms with Gasteiger partial charge in [-0.1, -0.05) is 0 Å². The van der Waals surface area contributed by atoms with Gasteiger partial charge in [0.05, 0.1) is 12.5 Å². The van der Waals surface area contributed by atoms with Crippen molar-refractivity contribution in [3.63, 3.8) is 0 Å². The molecular formula is C11H16N4O. The number of aryl methyl sites for hydroxylation is 1. The molecular weight excluding hydrogens is 204 g/mol. The van der Waals surface area contributed by atoms with E-state index >= 15 is 0 Å². The van der Waals surface area contributed by atoms with Crippen LogP contribution in [0.4, 0.5) is 0 Å². The van der Waals surface area contributed by atoms with Gasteiger partial charge >= 0.3 is 0 Å². The molecule has 2 rings (SSSR count). The van der Waals surface area contributed by atoms with Crippen LogP contribution in [0.3, 0.4) is 0 Å². The van der Waals surface area contributed by atoms with Crippen LogP contribution in [0, 0.1) is 0 Å². The molecule has 0 amide bonds. The van der Waals surface area contributed by atoms with Gasteiger partial charge in [-0.05, 0) is 19.4 Å². The molecule has 2 aromatic heterocycles. The third kappa shape index (κ3) is 3.20. The van der Waals surface area contributed by atoms with Gasteiger partial charge in [0.15, 0.2) is 0 Å². The standard InChI is InChI=1S/C11H16N4O/c1-10(2-4-15-9-12-8-14-15)13-6-11-3-5-16-7-11/h3,5,7-10,13H,2,4,6H2,1H3. The summed E-state index contributed by atoms with van der Waals surface area (Å²) in [6.45, 7) is 3.89. The molecule has 0 bridgehead atoms. The zero-order chi connectivity index (χ0) is 11.2. The molecule has 0 saturated heterocycles. The fourth-order valence-electron chi connectivity index (χ4n) is 1.46. The molecule has 0 aromatic carbocycles. The van der Waals surface area contributed by atoms with Crippen LogP contribution < -0.4 is 5.32 Å². The molecule has 1 atom stereocenters. The van der Waals surface area contributed by atoms with Gasteiger partial charge in [0, 0.05) is 24.7 Å². The van der Waals surface area contributed by atoms with E-state index < -0.39 is 0 Å². The smallest absolute Gasteiger partial charge is 0.137 e. The summed E-state index contributed by atoms with van der Waals surface area (Å²) in [5, 5.41) is 7.49. The Bertz CT molecular complexity index is 344. The molecule has 5 nitrogen and oxygen atoms in total. The lowest BCUT2D eigenvalue weighted by atomic mass is 10.2. The zero-order valence-corrected chi connectivity index (χ0v) is 9.34. The fraction of sp³-hybridized carbons (Fsp3) is 0.455. The number of nitrogens with one attached hydrogen (secondary N) is 1. The molecule has 0 saturated carbocycles. The zero-order valence-electron chi connectivity index (χ0n) is 9.34. The summed E-state index contributed by atoms with van der Waals surface area (Å²) in [5.41, 5.74) is 1.17. The number of hydrogen-bond donors (Lipinski definition) is 1. The first-order valence-electron chi connectivity index (χ1n) is 5.41. The molecule has 0 spiro atoms. The molecule has 0 aliphatic rings. The summed E-state index contributed by atoms with van der Waals surface area (Å²) in [7, 11) is 0. The van der Waals surface area contributed by atoms with Crippen LogP contribution in [0.2, 0.25) is 0 Å². The van der Waals surface area contributed by atoms with Gasteiger partial charge in [0.25, 0.3) is 0 Å². The Labute approximate surface area is 94.5 Å². The summed E-state index contributed by atoms with van der Waals surface area (Å²) in [6.07, 6.45) is 7.78. The van der Waals surface area contributed by atoms with Crippen LogP contribution in [0.5, 0.6) is 0 Å². The normalized spacial score (nSPS) is 12.8. The molecule has 5 heteroatoms. The van der Waals surface area contributed by atoms with Crippen molar-refractivity contribution < 1.29 is 4.42 Å². The monoisotopic (exact) mass is 220 g/mol. The minimum atomic E-state index is 0.444. The van der Waals surface area contributed by atoms with Crippen molar-refractivity contribution in [3.05, 3.63) is 36.8 Å². The average molecular weight is 220 g/mol. The molecule has 2 aromatic rings.